The maximum atomic E-state index is 8.41. The Hall–Kier alpha value is 1.20. The molecule has 0 saturated carbocycles. The van der Waals surface area contributed by atoms with Gasteiger partial charge in [0.2, 0.25) is 0 Å². The summed E-state index contributed by atoms with van der Waals surface area (Å²) in [5.41, 5.74) is 0. The summed E-state index contributed by atoms with van der Waals surface area (Å²) in [5, 5.41) is 0. The van der Waals surface area contributed by atoms with Crippen LogP contribution < -0.4 is 0 Å². The Labute approximate surface area is 104 Å². The minimum absolute atomic E-state index is 0.953. The van der Waals surface area contributed by atoms with E-state index in [1.54, 1.807) is 0 Å². The molecule has 0 atom stereocenters. The second-order valence-corrected chi connectivity index (χ2v) is 13.6. The third-order valence-corrected chi connectivity index (χ3v) is 9.14. The second kappa shape index (κ2) is 15.2. The summed E-state index contributed by atoms with van der Waals surface area (Å²) >= 11 is 0. The Morgan fingerprint density at radius 1 is 0.467 bits per heavy atom. The van der Waals surface area contributed by atoms with Crippen molar-refractivity contribution in [1.82, 2.24) is 0 Å². The average Bonchev–Trinajstić information content (AvgIpc) is 2.26. The molecule has 0 aromatic rings. The molecule has 0 fully saturated rings. The first-order chi connectivity index (χ1) is 7.41. The van der Waals surface area contributed by atoms with Gasteiger partial charge in [-0.3, -0.25) is 0 Å². The Morgan fingerprint density at radius 3 is 1.00 bits per heavy atom. The maximum absolute atomic E-state index is 8.41. The predicted octanol–water partition coefficient (Wildman–Crippen LogP) is -7.94. The molecule has 0 bridgehead atoms. The van der Waals surface area contributed by atoms with E-state index >= 15 is 0 Å². The highest BCUT2D eigenvalue weighted by atomic mass is 28.4. The van der Waals surface area contributed by atoms with Gasteiger partial charge in [-0.15, -0.1) is 0 Å². The van der Waals surface area contributed by atoms with Crippen LogP contribution in [0, 0.1) is 0 Å². The molecule has 0 aliphatic heterocycles. The molecule has 0 aromatic carbocycles. The lowest BCUT2D eigenvalue weighted by Gasteiger charge is -2.06. The van der Waals surface area contributed by atoms with Crippen molar-refractivity contribution >= 4 is 70.0 Å². The van der Waals surface area contributed by atoms with Crippen molar-refractivity contribution in [3.63, 3.8) is 0 Å². The van der Waals surface area contributed by atoms with Crippen molar-refractivity contribution in [2.45, 2.75) is 0 Å². The van der Waals surface area contributed by atoms with Crippen molar-refractivity contribution in [3.8, 4) is 0 Å². The minimum Gasteiger partial charge on any atom is -0.425 e. The summed E-state index contributed by atoms with van der Waals surface area (Å²) in [4.78, 5) is 16.8. The summed E-state index contributed by atoms with van der Waals surface area (Å²) < 4.78 is 30.2. The van der Waals surface area contributed by atoms with Gasteiger partial charge in [0.1, 0.15) is 0 Å². The fourth-order valence-corrected chi connectivity index (χ4v) is 9.85. The first-order valence-corrected chi connectivity index (χ1v) is 12.3. The summed E-state index contributed by atoms with van der Waals surface area (Å²) in [7, 11) is -7.42. The van der Waals surface area contributed by atoms with E-state index < -0.39 is 70.0 Å². The predicted molar refractivity (Wildman–Crippen MR) is 70.8 cm³/mol. The Kier molecular flexibility index (Phi) is 16.4. The molecule has 0 spiro atoms. The Morgan fingerprint density at radius 2 is 0.733 bits per heavy atom. The van der Waals surface area contributed by atoms with E-state index in [0.29, 0.717) is 0 Å². The maximum Gasteiger partial charge on any atom is 0.292 e. The molecule has 0 heterocycles. The van der Waals surface area contributed by atoms with E-state index in [1.165, 1.54) is 0 Å². The summed E-state index contributed by atoms with van der Waals surface area (Å²) in [5.74, 6) is 0. The Bertz CT molecular complexity index is 99.2. The molecule has 0 saturated heterocycles. The van der Waals surface area contributed by atoms with Crippen LogP contribution in [-0.2, 0) is 24.7 Å². The quantitative estimate of drug-likeness (QED) is 0.267. The standard InChI is InChI=1S/H16O8Si7/c1-9-3-11-5-13-7-15-8-14-6-12-4-10-2/h1-2H,9-15H2. The summed E-state index contributed by atoms with van der Waals surface area (Å²) in [6.07, 6.45) is 0. The first kappa shape index (κ1) is 16.2. The smallest absolute Gasteiger partial charge is 0.292 e. The van der Waals surface area contributed by atoms with E-state index in [1.807, 2.05) is 0 Å². The van der Waals surface area contributed by atoms with Crippen LogP contribution in [0.5, 0.6) is 0 Å². The van der Waals surface area contributed by atoms with Crippen LogP contribution >= 0.6 is 0 Å². The lowest BCUT2D eigenvalue weighted by atomic mass is 15.7. The largest absolute Gasteiger partial charge is 0.425 e. The lowest BCUT2D eigenvalue weighted by molar-refractivity contribution is 0.364. The molecule has 0 radical (unpaired) electrons. The van der Waals surface area contributed by atoms with Gasteiger partial charge in [0, 0.05) is 0 Å². The van der Waals surface area contributed by atoms with Crippen LogP contribution in [0.4, 0.5) is 0 Å². The van der Waals surface area contributed by atoms with Crippen LogP contribution in [0.15, 0.2) is 0 Å². The molecule has 0 amide bonds. The van der Waals surface area contributed by atoms with Gasteiger partial charge in [-0.2, -0.15) is 0 Å². The first-order valence-electron chi connectivity index (χ1n) is 4.10. The molecule has 8 nitrogen and oxygen atoms in total. The van der Waals surface area contributed by atoms with Crippen molar-refractivity contribution in [1.29, 1.82) is 0 Å². The molecular weight excluding hydrogens is 325 g/mol. The van der Waals surface area contributed by atoms with E-state index in [4.69, 9.17) is 34.3 Å². The van der Waals surface area contributed by atoms with Gasteiger partial charge < -0.3 is 34.3 Å². The fraction of sp³-hybridized carbons (Fsp3) is 0. The van der Waals surface area contributed by atoms with Crippen LogP contribution in [-0.4, -0.2) is 79.6 Å². The van der Waals surface area contributed by atoms with Gasteiger partial charge in [0.25, 0.3) is 70.0 Å². The highest BCUT2D eigenvalue weighted by Crippen LogP contribution is 1.75. The van der Waals surface area contributed by atoms with Gasteiger partial charge in [0.05, 0.1) is 0 Å². The number of hydrogen-bond donors (Lipinski definition) is 2. The molecule has 15 heavy (non-hydrogen) atoms. The molecular formula is H16O8Si7. The van der Waals surface area contributed by atoms with Gasteiger partial charge in [-0.05, 0) is 0 Å². The topological polar surface area (TPSA) is 95.8 Å². The van der Waals surface area contributed by atoms with E-state index in [-0.39, 0.29) is 0 Å². The zero-order valence-corrected chi connectivity index (χ0v) is 18.2. The molecule has 15 heteroatoms. The monoisotopic (exact) mass is 340 g/mol. The van der Waals surface area contributed by atoms with Crippen LogP contribution in [0.1, 0.15) is 0 Å². The molecule has 0 unspecified atom stereocenters. The molecule has 0 aliphatic rings. The number of hydrogen-bond acceptors (Lipinski definition) is 8. The highest BCUT2D eigenvalue weighted by molar-refractivity contribution is 6.48. The minimum atomic E-state index is -1.30. The summed E-state index contributed by atoms with van der Waals surface area (Å²) in [6.45, 7) is 0. The van der Waals surface area contributed by atoms with Gasteiger partial charge >= 0.3 is 0 Å². The fourth-order valence-electron chi connectivity index (χ4n) is 0.505. The SMILES string of the molecule is O[SiH2]O[SiH2]O[SiH2]O[SiH2]O[SiH2]O[SiH2]O[SiH2]O. The molecule has 0 rings (SSSR count). The zero-order valence-electron chi connectivity index (χ0n) is 8.29. The van der Waals surface area contributed by atoms with E-state index in [0.717, 1.165) is 0 Å². The third kappa shape index (κ3) is 15.2. The molecule has 92 valence electrons. The summed E-state index contributed by atoms with van der Waals surface area (Å²) in [6, 6.07) is 0. The zero-order chi connectivity index (χ0) is 11.2. The lowest BCUT2D eigenvalue weighted by Crippen LogP contribution is -2.19. The Balaban J connectivity index is 2.81. The third-order valence-electron chi connectivity index (χ3n) is 1.02. The average molecular weight is 341 g/mol. The highest BCUT2D eigenvalue weighted by Gasteiger charge is 1.93. The van der Waals surface area contributed by atoms with Crippen molar-refractivity contribution in [2.75, 3.05) is 0 Å². The van der Waals surface area contributed by atoms with Gasteiger partial charge in [0.15, 0.2) is 0 Å². The molecule has 2 N–H and O–H groups in total. The van der Waals surface area contributed by atoms with Crippen LogP contribution in [0.2, 0.25) is 0 Å². The molecule has 0 aromatic heterocycles. The second-order valence-electron chi connectivity index (χ2n) is 2.07. The van der Waals surface area contributed by atoms with Crippen LogP contribution in [0.3, 0.4) is 0 Å². The van der Waals surface area contributed by atoms with E-state index in [9.17, 15) is 0 Å². The molecule has 0 aliphatic carbocycles. The van der Waals surface area contributed by atoms with Crippen LogP contribution in [0.25, 0.3) is 0 Å². The van der Waals surface area contributed by atoms with E-state index in [2.05, 4.69) is 0 Å². The van der Waals surface area contributed by atoms with Crippen molar-refractivity contribution in [2.24, 2.45) is 0 Å². The normalized spacial score (nSPS) is 16.4. The van der Waals surface area contributed by atoms with Crippen molar-refractivity contribution < 1.29 is 34.3 Å². The van der Waals surface area contributed by atoms with Gasteiger partial charge in [-0.25, -0.2) is 0 Å². The van der Waals surface area contributed by atoms with Gasteiger partial charge in [-0.1, -0.05) is 0 Å². The van der Waals surface area contributed by atoms with Crippen molar-refractivity contribution in [3.05, 3.63) is 0 Å². The number of rotatable bonds is 12.